The molecule has 1 aromatic rings. The summed E-state index contributed by atoms with van der Waals surface area (Å²) in [7, 11) is 0. The minimum Gasteiger partial charge on any atom is -0.398 e. The van der Waals surface area contributed by atoms with Gasteiger partial charge in [-0.25, -0.2) is 0 Å². The SMILES string of the molecule is N#CC(O)C(O)c1ccc(C(F)(F)F)c(N)c1. The zero-order chi connectivity index (χ0) is 13.2. The minimum absolute atomic E-state index is 0.0513. The molecule has 2 unspecified atom stereocenters. The summed E-state index contributed by atoms with van der Waals surface area (Å²) in [4.78, 5) is 0. The number of benzene rings is 1. The van der Waals surface area contributed by atoms with E-state index in [0.29, 0.717) is 6.07 Å². The molecule has 17 heavy (non-hydrogen) atoms. The summed E-state index contributed by atoms with van der Waals surface area (Å²) in [6, 6.07) is 3.91. The predicted octanol–water partition coefficient (Wildman–Crippen LogP) is 1.21. The number of nitriles is 1. The van der Waals surface area contributed by atoms with Gasteiger partial charge in [-0.05, 0) is 17.7 Å². The fourth-order valence-corrected chi connectivity index (χ4v) is 1.28. The van der Waals surface area contributed by atoms with Gasteiger partial charge in [-0.2, -0.15) is 18.4 Å². The van der Waals surface area contributed by atoms with Gasteiger partial charge in [0.2, 0.25) is 0 Å². The molecule has 0 heterocycles. The molecular weight excluding hydrogens is 237 g/mol. The number of nitrogen functional groups attached to an aromatic ring is 1. The van der Waals surface area contributed by atoms with Crippen LogP contribution in [0.25, 0.3) is 0 Å². The normalized spacial score (nSPS) is 15.1. The van der Waals surface area contributed by atoms with Crippen molar-refractivity contribution in [3.8, 4) is 6.07 Å². The van der Waals surface area contributed by atoms with E-state index in [9.17, 15) is 18.3 Å². The molecule has 0 aliphatic carbocycles. The smallest absolute Gasteiger partial charge is 0.398 e. The third kappa shape index (κ3) is 2.87. The van der Waals surface area contributed by atoms with Gasteiger partial charge in [-0.1, -0.05) is 6.07 Å². The first-order valence-corrected chi connectivity index (χ1v) is 4.49. The van der Waals surface area contributed by atoms with Gasteiger partial charge in [-0.3, -0.25) is 0 Å². The Balaban J connectivity index is 3.10. The number of nitrogens with two attached hydrogens (primary N) is 1. The van der Waals surface area contributed by atoms with Crippen LogP contribution in [0.5, 0.6) is 0 Å². The Morgan fingerprint density at radius 1 is 1.29 bits per heavy atom. The van der Waals surface area contributed by atoms with Crippen molar-refractivity contribution in [3.63, 3.8) is 0 Å². The highest BCUT2D eigenvalue weighted by Crippen LogP contribution is 2.34. The Morgan fingerprint density at radius 2 is 1.88 bits per heavy atom. The maximum atomic E-state index is 12.4. The monoisotopic (exact) mass is 246 g/mol. The van der Waals surface area contributed by atoms with Crippen LogP contribution in [0.4, 0.5) is 18.9 Å². The van der Waals surface area contributed by atoms with Crippen molar-refractivity contribution in [2.75, 3.05) is 5.73 Å². The minimum atomic E-state index is -4.58. The molecule has 0 amide bonds. The summed E-state index contributed by atoms with van der Waals surface area (Å²) in [5, 5.41) is 26.8. The van der Waals surface area contributed by atoms with Crippen LogP contribution in [0.1, 0.15) is 17.2 Å². The molecule has 0 bridgehead atoms. The van der Waals surface area contributed by atoms with E-state index in [1.807, 2.05) is 0 Å². The van der Waals surface area contributed by atoms with E-state index < -0.39 is 29.6 Å². The lowest BCUT2D eigenvalue weighted by Gasteiger charge is -2.15. The zero-order valence-corrected chi connectivity index (χ0v) is 8.44. The Kier molecular flexibility index (Phi) is 3.60. The van der Waals surface area contributed by atoms with Crippen LogP contribution < -0.4 is 5.73 Å². The second kappa shape index (κ2) is 4.61. The molecule has 4 N–H and O–H groups in total. The van der Waals surface area contributed by atoms with Gasteiger partial charge in [0.25, 0.3) is 0 Å². The van der Waals surface area contributed by atoms with Crippen molar-refractivity contribution >= 4 is 5.69 Å². The molecular formula is C10H9F3N2O2. The summed E-state index contributed by atoms with van der Waals surface area (Å²) in [6.45, 7) is 0. The first-order valence-electron chi connectivity index (χ1n) is 4.49. The molecule has 1 rings (SSSR count). The number of anilines is 1. The molecule has 0 spiro atoms. The first-order chi connectivity index (χ1) is 7.77. The fraction of sp³-hybridized carbons (Fsp3) is 0.300. The number of hydrogen-bond donors (Lipinski definition) is 3. The predicted molar refractivity (Wildman–Crippen MR) is 52.4 cm³/mol. The highest BCUT2D eigenvalue weighted by atomic mass is 19.4. The number of aliphatic hydroxyl groups is 2. The summed E-state index contributed by atoms with van der Waals surface area (Å²) in [5.41, 5.74) is 3.54. The number of hydrogen-bond acceptors (Lipinski definition) is 4. The van der Waals surface area contributed by atoms with E-state index in [0.717, 1.165) is 12.1 Å². The van der Waals surface area contributed by atoms with E-state index in [-0.39, 0.29) is 5.56 Å². The molecule has 1 aromatic carbocycles. The van der Waals surface area contributed by atoms with Gasteiger partial charge >= 0.3 is 6.18 Å². The van der Waals surface area contributed by atoms with Crippen LogP contribution in [-0.2, 0) is 6.18 Å². The second-order valence-electron chi connectivity index (χ2n) is 3.36. The molecule has 0 aromatic heterocycles. The summed E-state index contributed by atoms with van der Waals surface area (Å²) in [5.74, 6) is 0. The van der Waals surface area contributed by atoms with Gasteiger partial charge in [0.15, 0.2) is 6.10 Å². The van der Waals surface area contributed by atoms with Crippen molar-refractivity contribution in [3.05, 3.63) is 29.3 Å². The van der Waals surface area contributed by atoms with Gasteiger partial charge in [0.05, 0.1) is 11.6 Å². The molecule has 0 aliphatic rings. The van der Waals surface area contributed by atoms with Crippen LogP contribution >= 0.6 is 0 Å². The van der Waals surface area contributed by atoms with Crippen molar-refractivity contribution in [2.45, 2.75) is 18.4 Å². The maximum Gasteiger partial charge on any atom is 0.418 e. The zero-order valence-electron chi connectivity index (χ0n) is 8.44. The Bertz CT molecular complexity index is 454. The van der Waals surface area contributed by atoms with Gasteiger partial charge < -0.3 is 15.9 Å². The van der Waals surface area contributed by atoms with Gasteiger partial charge in [-0.15, -0.1) is 0 Å². The summed E-state index contributed by atoms with van der Waals surface area (Å²) < 4.78 is 37.1. The number of alkyl halides is 3. The molecule has 0 saturated heterocycles. The quantitative estimate of drug-likeness (QED) is 0.540. The second-order valence-corrected chi connectivity index (χ2v) is 3.36. The third-order valence-corrected chi connectivity index (χ3v) is 2.15. The number of halogens is 3. The number of rotatable bonds is 2. The largest absolute Gasteiger partial charge is 0.418 e. The highest BCUT2D eigenvalue weighted by molar-refractivity contribution is 5.51. The summed E-state index contributed by atoms with van der Waals surface area (Å²) >= 11 is 0. The molecule has 0 fully saturated rings. The molecule has 0 aliphatic heterocycles. The number of nitrogens with zero attached hydrogens (tertiary/aromatic N) is 1. The van der Waals surface area contributed by atoms with Gasteiger partial charge in [0.1, 0.15) is 6.10 Å². The summed E-state index contributed by atoms with van der Waals surface area (Å²) in [6.07, 6.45) is -7.89. The van der Waals surface area contributed by atoms with E-state index in [2.05, 4.69) is 0 Å². The Hall–Kier alpha value is -1.78. The van der Waals surface area contributed by atoms with E-state index in [1.165, 1.54) is 6.07 Å². The van der Waals surface area contributed by atoms with Crippen molar-refractivity contribution in [2.24, 2.45) is 0 Å². The average molecular weight is 246 g/mol. The van der Waals surface area contributed by atoms with E-state index >= 15 is 0 Å². The molecule has 92 valence electrons. The molecule has 4 nitrogen and oxygen atoms in total. The van der Waals surface area contributed by atoms with E-state index in [4.69, 9.17) is 16.1 Å². The van der Waals surface area contributed by atoms with Gasteiger partial charge in [0, 0.05) is 5.69 Å². The topological polar surface area (TPSA) is 90.3 Å². The molecule has 0 saturated carbocycles. The number of aliphatic hydroxyl groups excluding tert-OH is 2. The van der Waals surface area contributed by atoms with Crippen LogP contribution in [0.15, 0.2) is 18.2 Å². The van der Waals surface area contributed by atoms with Crippen molar-refractivity contribution < 1.29 is 23.4 Å². The fourth-order valence-electron chi connectivity index (χ4n) is 1.28. The highest BCUT2D eigenvalue weighted by Gasteiger charge is 2.33. The lowest BCUT2D eigenvalue weighted by Crippen LogP contribution is -2.17. The molecule has 2 atom stereocenters. The Morgan fingerprint density at radius 3 is 2.29 bits per heavy atom. The van der Waals surface area contributed by atoms with Crippen molar-refractivity contribution in [1.29, 1.82) is 5.26 Å². The van der Waals surface area contributed by atoms with Crippen LogP contribution in [0.3, 0.4) is 0 Å². The Labute approximate surface area is 94.7 Å². The van der Waals surface area contributed by atoms with Crippen LogP contribution in [0.2, 0.25) is 0 Å². The van der Waals surface area contributed by atoms with Crippen molar-refractivity contribution in [1.82, 2.24) is 0 Å². The first kappa shape index (κ1) is 13.3. The third-order valence-electron chi connectivity index (χ3n) is 2.15. The molecule has 7 heteroatoms. The average Bonchev–Trinajstić information content (AvgIpc) is 2.25. The lowest BCUT2D eigenvalue weighted by molar-refractivity contribution is -0.136. The standard InChI is InChI=1S/C10H9F3N2O2/c11-10(12,13)6-2-1-5(3-7(6)15)9(17)8(16)4-14/h1-3,8-9,16-17H,15H2. The lowest BCUT2D eigenvalue weighted by atomic mass is 10.0. The molecule has 0 radical (unpaired) electrons. The van der Waals surface area contributed by atoms with E-state index in [1.54, 1.807) is 0 Å². The maximum absolute atomic E-state index is 12.4. The van der Waals surface area contributed by atoms with Crippen LogP contribution in [0, 0.1) is 11.3 Å². The van der Waals surface area contributed by atoms with Crippen LogP contribution in [-0.4, -0.2) is 16.3 Å².